The van der Waals surface area contributed by atoms with Gasteiger partial charge in [-0.3, -0.25) is 5.43 Å². The van der Waals surface area contributed by atoms with Crippen LogP contribution in [0.1, 0.15) is 5.56 Å². The zero-order chi connectivity index (χ0) is 16.2. The Bertz CT molecular complexity index is 861. The minimum absolute atomic E-state index is 0.566. The van der Waals surface area contributed by atoms with E-state index in [1.807, 2.05) is 35.7 Å². The van der Waals surface area contributed by atoms with Gasteiger partial charge in [0.15, 0.2) is 0 Å². The van der Waals surface area contributed by atoms with Crippen LogP contribution in [-0.2, 0) is 0 Å². The van der Waals surface area contributed by atoms with Crippen LogP contribution in [0.25, 0.3) is 11.3 Å². The van der Waals surface area contributed by atoms with Crippen LogP contribution in [0.5, 0.6) is 0 Å². The molecule has 7 heteroatoms. The van der Waals surface area contributed by atoms with Gasteiger partial charge in [-0.05, 0) is 35.9 Å². The van der Waals surface area contributed by atoms with Gasteiger partial charge in [0.2, 0.25) is 5.13 Å². The molecule has 0 saturated carbocycles. The molecule has 0 atom stereocenters. The molecule has 0 spiro atoms. The number of rotatable bonds is 4. The van der Waals surface area contributed by atoms with Crippen molar-refractivity contribution < 1.29 is 0 Å². The molecule has 3 rings (SSSR count). The molecule has 0 fully saturated rings. The van der Waals surface area contributed by atoms with Crippen molar-refractivity contribution in [3.8, 4) is 11.3 Å². The van der Waals surface area contributed by atoms with Gasteiger partial charge in [-0.25, -0.2) is 4.98 Å². The first-order chi connectivity index (χ1) is 11.1. The van der Waals surface area contributed by atoms with Gasteiger partial charge in [0.25, 0.3) is 0 Å². The summed E-state index contributed by atoms with van der Waals surface area (Å²) in [5.41, 5.74) is 5.41. The number of hydrogen-bond donors (Lipinski definition) is 1. The van der Waals surface area contributed by atoms with Gasteiger partial charge in [-0.1, -0.05) is 46.9 Å². The maximum Gasteiger partial charge on any atom is 0.203 e. The number of benzene rings is 2. The summed E-state index contributed by atoms with van der Waals surface area (Å²) in [5.74, 6) is 0. The zero-order valence-electron chi connectivity index (χ0n) is 11.6. The van der Waals surface area contributed by atoms with E-state index in [9.17, 15) is 0 Å². The molecule has 0 bridgehead atoms. The minimum Gasteiger partial charge on any atom is -0.253 e. The molecule has 0 radical (unpaired) electrons. The Hall–Kier alpha value is -1.59. The molecule has 116 valence electrons. The van der Waals surface area contributed by atoms with E-state index in [1.165, 1.54) is 11.3 Å². The number of hydrogen-bond acceptors (Lipinski definition) is 4. The molecule has 0 aliphatic heterocycles. The van der Waals surface area contributed by atoms with Crippen LogP contribution in [-0.4, -0.2) is 11.2 Å². The van der Waals surface area contributed by atoms with E-state index in [4.69, 9.17) is 34.8 Å². The minimum atomic E-state index is 0.566. The topological polar surface area (TPSA) is 37.3 Å². The smallest absolute Gasteiger partial charge is 0.203 e. The monoisotopic (exact) mass is 381 g/mol. The Kier molecular flexibility index (Phi) is 5.18. The Morgan fingerprint density at radius 3 is 2.65 bits per heavy atom. The molecule has 0 aliphatic carbocycles. The molecular formula is C16H10Cl3N3S. The predicted molar refractivity (Wildman–Crippen MR) is 100 cm³/mol. The summed E-state index contributed by atoms with van der Waals surface area (Å²) in [7, 11) is 0. The highest BCUT2D eigenvalue weighted by atomic mass is 35.5. The molecule has 3 nitrogen and oxygen atoms in total. The second kappa shape index (κ2) is 7.32. The largest absolute Gasteiger partial charge is 0.253 e. The fourth-order valence-corrected chi connectivity index (χ4v) is 3.26. The number of nitrogens with one attached hydrogen (secondary N) is 1. The van der Waals surface area contributed by atoms with Crippen molar-refractivity contribution in [3.63, 3.8) is 0 Å². The molecule has 1 aromatic heterocycles. The summed E-state index contributed by atoms with van der Waals surface area (Å²) >= 11 is 19.5. The van der Waals surface area contributed by atoms with Crippen molar-refractivity contribution in [2.45, 2.75) is 0 Å². The van der Waals surface area contributed by atoms with E-state index < -0.39 is 0 Å². The molecule has 0 aliphatic rings. The average molecular weight is 383 g/mol. The van der Waals surface area contributed by atoms with Gasteiger partial charge in [0, 0.05) is 21.0 Å². The summed E-state index contributed by atoms with van der Waals surface area (Å²) < 4.78 is 0. The van der Waals surface area contributed by atoms with Crippen LogP contribution in [0.2, 0.25) is 15.1 Å². The molecule has 2 aromatic carbocycles. The van der Waals surface area contributed by atoms with Crippen molar-refractivity contribution in [1.29, 1.82) is 0 Å². The molecular weight excluding hydrogens is 373 g/mol. The second-order valence-corrected chi connectivity index (χ2v) is 6.73. The normalized spacial score (nSPS) is 11.1. The number of nitrogens with zero attached hydrogens (tertiary/aromatic N) is 2. The highest BCUT2D eigenvalue weighted by molar-refractivity contribution is 7.14. The summed E-state index contributed by atoms with van der Waals surface area (Å²) in [6.07, 6.45) is 1.68. The number of halogens is 3. The first kappa shape index (κ1) is 16.3. The lowest BCUT2D eigenvalue weighted by Gasteiger charge is -2.00. The van der Waals surface area contributed by atoms with Crippen LogP contribution in [0.3, 0.4) is 0 Å². The quantitative estimate of drug-likeness (QED) is 0.430. The number of aromatic nitrogens is 1. The number of anilines is 1. The van der Waals surface area contributed by atoms with Crippen LogP contribution in [0.4, 0.5) is 5.13 Å². The van der Waals surface area contributed by atoms with Gasteiger partial charge in [0.1, 0.15) is 0 Å². The van der Waals surface area contributed by atoms with Gasteiger partial charge in [-0.15, -0.1) is 11.3 Å². The van der Waals surface area contributed by atoms with Crippen LogP contribution in [0.15, 0.2) is 52.9 Å². The van der Waals surface area contributed by atoms with E-state index >= 15 is 0 Å². The van der Waals surface area contributed by atoms with Crippen LogP contribution >= 0.6 is 46.1 Å². The Morgan fingerprint density at radius 2 is 1.87 bits per heavy atom. The molecule has 1 heterocycles. The van der Waals surface area contributed by atoms with Crippen LogP contribution in [0, 0.1) is 0 Å². The van der Waals surface area contributed by atoms with Crippen molar-refractivity contribution >= 4 is 57.5 Å². The van der Waals surface area contributed by atoms with Crippen LogP contribution < -0.4 is 5.43 Å². The van der Waals surface area contributed by atoms with Crippen molar-refractivity contribution in [3.05, 3.63) is 68.5 Å². The Labute approximate surface area is 152 Å². The SMILES string of the molecule is Clc1cccc(/C=N\Nc2nc(-c3ccc(Cl)cc3Cl)cs2)c1. The third-order valence-corrected chi connectivity index (χ3v) is 4.46. The number of thiazole rings is 1. The second-order valence-electron chi connectivity index (χ2n) is 4.59. The van der Waals surface area contributed by atoms with Crippen molar-refractivity contribution in [2.24, 2.45) is 5.10 Å². The lowest BCUT2D eigenvalue weighted by molar-refractivity contribution is 1.29. The molecule has 0 amide bonds. The first-order valence-electron chi connectivity index (χ1n) is 6.57. The van der Waals surface area contributed by atoms with E-state index in [-0.39, 0.29) is 0 Å². The van der Waals surface area contributed by atoms with E-state index in [2.05, 4.69) is 15.5 Å². The third-order valence-electron chi connectivity index (χ3n) is 2.93. The molecule has 3 aromatic rings. The number of hydrazone groups is 1. The fourth-order valence-electron chi connectivity index (χ4n) is 1.89. The van der Waals surface area contributed by atoms with E-state index in [0.29, 0.717) is 20.2 Å². The maximum atomic E-state index is 6.19. The van der Waals surface area contributed by atoms with Gasteiger partial charge < -0.3 is 0 Å². The average Bonchev–Trinajstić information content (AvgIpc) is 2.96. The fraction of sp³-hybridized carbons (Fsp3) is 0. The van der Waals surface area contributed by atoms with Gasteiger partial charge >= 0.3 is 0 Å². The highest BCUT2D eigenvalue weighted by Gasteiger charge is 2.08. The first-order valence-corrected chi connectivity index (χ1v) is 8.59. The summed E-state index contributed by atoms with van der Waals surface area (Å²) in [4.78, 5) is 4.46. The standard InChI is InChI=1S/C16H10Cl3N3S/c17-11-3-1-2-10(6-11)8-20-22-16-21-15(9-23-16)13-5-4-12(18)7-14(13)19/h1-9H,(H,21,22)/b20-8-. The Balaban J connectivity index is 1.72. The zero-order valence-corrected chi connectivity index (χ0v) is 14.7. The van der Waals surface area contributed by atoms with E-state index in [1.54, 1.807) is 18.3 Å². The van der Waals surface area contributed by atoms with E-state index in [0.717, 1.165) is 16.8 Å². The summed E-state index contributed by atoms with van der Waals surface area (Å²) in [6, 6.07) is 12.8. The lowest BCUT2D eigenvalue weighted by Crippen LogP contribution is -1.90. The maximum absolute atomic E-state index is 6.19. The van der Waals surface area contributed by atoms with Crippen molar-refractivity contribution in [2.75, 3.05) is 5.43 Å². The van der Waals surface area contributed by atoms with Gasteiger partial charge in [-0.2, -0.15) is 5.10 Å². The molecule has 0 saturated heterocycles. The van der Waals surface area contributed by atoms with Gasteiger partial charge in [0.05, 0.1) is 16.9 Å². The summed E-state index contributed by atoms with van der Waals surface area (Å²) in [5, 5.41) is 8.57. The molecule has 0 unspecified atom stereocenters. The Morgan fingerprint density at radius 1 is 1.04 bits per heavy atom. The molecule has 23 heavy (non-hydrogen) atoms. The third kappa shape index (κ3) is 4.24. The lowest BCUT2D eigenvalue weighted by atomic mass is 10.2. The highest BCUT2D eigenvalue weighted by Crippen LogP contribution is 2.32. The van der Waals surface area contributed by atoms with Crippen molar-refractivity contribution in [1.82, 2.24) is 4.98 Å². The summed E-state index contributed by atoms with van der Waals surface area (Å²) in [6.45, 7) is 0. The molecule has 1 N–H and O–H groups in total. The predicted octanol–water partition coefficient (Wildman–Crippen LogP) is 6.22.